The molecular formula is C21H26N2O4S. The molecule has 0 bridgehead atoms. The van der Waals surface area contributed by atoms with Gasteiger partial charge in [-0.3, -0.25) is 4.79 Å². The summed E-state index contributed by atoms with van der Waals surface area (Å²) in [5.41, 5.74) is 1.98. The molecule has 1 fully saturated rings. The average molecular weight is 403 g/mol. The number of hydrogen-bond acceptors (Lipinski definition) is 4. The highest BCUT2D eigenvalue weighted by atomic mass is 32.2. The highest BCUT2D eigenvalue weighted by Crippen LogP contribution is 2.21. The van der Waals surface area contributed by atoms with Gasteiger partial charge in [0, 0.05) is 26.2 Å². The summed E-state index contributed by atoms with van der Waals surface area (Å²) in [7, 11) is -3.54. The SMILES string of the molecule is Cc1ccc(S(=O)(=O)N2CCN(C(=O)[C@@H](C)Oc3ccccc3C)CC2)cc1. The van der Waals surface area contributed by atoms with E-state index < -0.39 is 16.1 Å². The topological polar surface area (TPSA) is 66.9 Å². The molecule has 0 aromatic heterocycles. The zero-order chi connectivity index (χ0) is 20.3. The summed E-state index contributed by atoms with van der Waals surface area (Å²) in [6, 6.07) is 14.4. The summed E-state index contributed by atoms with van der Waals surface area (Å²) in [4.78, 5) is 14.7. The van der Waals surface area contributed by atoms with Gasteiger partial charge in [-0.25, -0.2) is 8.42 Å². The lowest BCUT2D eigenvalue weighted by Crippen LogP contribution is -2.53. The van der Waals surface area contributed by atoms with E-state index in [4.69, 9.17) is 4.74 Å². The van der Waals surface area contributed by atoms with E-state index in [0.29, 0.717) is 18.8 Å². The van der Waals surface area contributed by atoms with E-state index in [0.717, 1.165) is 11.1 Å². The molecule has 1 atom stereocenters. The summed E-state index contributed by atoms with van der Waals surface area (Å²) < 4.78 is 32.8. The van der Waals surface area contributed by atoms with Crippen molar-refractivity contribution in [3.8, 4) is 5.75 Å². The third-order valence-electron chi connectivity index (χ3n) is 4.95. The van der Waals surface area contributed by atoms with Crippen LogP contribution >= 0.6 is 0 Å². The number of benzene rings is 2. The number of sulfonamides is 1. The van der Waals surface area contributed by atoms with Crippen LogP contribution in [0.5, 0.6) is 5.75 Å². The predicted octanol–water partition coefficient (Wildman–Crippen LogP) is 2.60. The molecule has 0 N–H and O–H groups in total. The molecule has 0 radical (unpaired) electrons. The molecular weight excluding hydrogens is 376 g/mol. The molecule has 150 valence electrons. The van der Waals surface area contributed by atoms with Gasteiger partial charge in [-0.2, -0.15) is 4.31 Å². The van der Waals surface area contributed by atoms with Crippen LogP contribution in [0.1, 0.15) is 18.1 Å². The van der Waals surface area contributed by atoms with Gasteiger partial charge in [-0.15, -0.1) is 0 Å². The first-order chi connectivity index (χ1) is 13.3. The standard InChI is InChI=1S/C21H26N2O4S/c1-16-8-10-19(11-9-16)28(25,26)23-14-12-22(13-15-23)21(24)18(3)27-20-7-5-4-6-17(20)2/h4-11,18H,12-15H2,1-3H3/t18-/m1/s1. The van der Waals surface area contributed by atoms with E-state index in [9.17, 15) is 13.2 Å². The molecule has 1 amide bonds. The Labute approximate surface area is 166 Å². The average Bonchev–Trinajstić information content (AvgIpc) is 2.69. The van der Waals surface area contributed by atoms with Crippen molar-refractivity contribution < 1.29 is 17.9 Å². The summed E-state index contributed by atoms with van der Waals surface area (Å²) in [5, 5.41) is 0. The molecule has 0 unspecified atom stereocenters. The number of nitrogens with zero attached hydrogens (tertiary/aromatic N) is 2. The Hall–Kier alpha value is -2.38. The predicted molar refractivity (Wildman–Crippen MR) is 108 cm³/mol. The van der Waals surface area contributed by atoms with E-state index in [1.807, 2.05) is 38.1 Å². The number of para-hydroxylation sites is 1. The largest absolute Gasteiger partial charge is 0.481 e. The number of amides is 1. The van der Waals surface area contributed by atoms with Crippen LogP contribution < -0.4 is 4.74 Å². The molecule has 3 rings (SSSR count). The van der Waals surface area contributed by atoms with Gasteiger partial charge < -0.3 is 9.64 Å². The number of aryl methyl sites for hydroxylation is 2. The highest BCUT2D eigenvalue weighted by Gasteiger charge is 2.32. The quantitative estimate of drug-likeness (QED) is 0.771. The summed E-state index contributed by atoms with van der Waals surface area (Å²) >= 11 is 0. The molecule has 7 heteroatoms. The maximum Gasteiger partial charge on any atom is 0.263 e. The third-order valence-corrected chi connectivity index (χ3v) is 6.87. The van der Waals surface area contributed by atoms with Crippen LogP contribution in [-0.4, -0.2) is 55.8 Å². The lowest BCUT2D eigenvalue weighted by atomic mass is 10.2. The molecule has 2 aromatic carbocycles. The molecule has 1 heterocycles. The van der Waals surface area contributed by atoms with E-state index in [-0.39, 0.29) is 23.9 Å². The van der Waals surface area contributed by atoms with Gasteiger partial charge in [-0.05, 0) is 44.5 Å². The van der Waals surface area contributed by atoms with Gasteiger partial charge in [0.2, 0.25) is 10.0 Å². The van der Waals surface area contributed by atoms with Gasteiger partial charge in [0.15, 0.2) is 6.10 Å². The van der Waals surface area contributed by atoms with Crippen molar-refractivity contribution in [3.05, 3.63) is 59.7 Å². The molecule has 0 spiro atoms. The fourth-order valence-corrected chi connectivity index (χ4v) is 4.62. The fraction of sp³-hybridized carbons (Fsp3) is 0.381. The van der Waals surface area contributed by atoms with Gasteiger partial charge in [0.05, 0.1) is 4.90 Å². The number of rotatable bonds is 5. The number of carbonyl (C=O) groups excluding carboxylic acids is 1. The summed E-state index contributed by atoms with van der Waals surface area (Å²) in [6.45, 7) is 6.83. The number of carbonyl (C=O) groups is 1. The van der Waals surface area contributed by atoms with Crippen molar-refractivity contribution in [2.45, 2.75) is 31.8 Å². The monoisotopic (exact) mass is 402 g/mol. The zero-order valence-electron chi connectivity index (χ0n) is 16.5. The minimum absolute atomic E-state index is 0.129. The smallest absolute Gasteiger partial charge is 0.263 e. The van der Waals surface area contributed by atoms with Crippen LogP contribution in [0.15, 0.2) is 53.4 Å². The fourth-order valence-electron chi connectivity index (χ4n) is 3.19. The first-order valence-electron chi connectivity index (χ1n) is 9.37. The first kappa shape index (κ1) is 20.4. The van der Waals surface area contributed by atoms with E-state index >= 15 is 0 Å². The van der Waals surface area contributed by atoms with Gasteiger partial charge >= 0.3 is 0 Å². The normalized spacial score (nSPS) is 16.6. The van der Waals surface area contributed by atoms with Gasteiger partial charge in [-0.1, -0.05) is 35.9 Å². The molecule has 6 nitrogen and oxygen atoms in total. The van der Waals surface area contributed by atoms with Gasteiger partial charge in [0.1, 0.15) is 5.75 Å². The molecule has 1 saturated heterocycles. The molecule has 1 aliphatic rings. The molecule has 1 aliphatic heterocycles. The highest BCUT2D eigenvalue weighted by molar-refractivity contribution is 7.89. The maximum absolute atomic E-state index is 12.8. The molecule has 0 aliphatic carbocycles. The Morgan fingerprint density at radius 3 is 2.18 bits per heavy atom. The lowest BCUT2D eigenvalue weighted by molar-refractivity contribution is -0.139. The number of ether oxygens (including phenoxy) is 1. The Bertz CT molecular complexity index is 933. The second-order valence-corrected chi connectivity index (χ2v) is 9.01. The van der Waals surface area contributed by atoms with Gasteiger partial charge in [0.25, 0.3) is 5.91 Å². The number of piperazine rings is 1. The van der Waals surface area contributed by atoms with Crippen molar-refractivity contribution in [3.63, 3.8) is 0 Å². The van der Waals surface area contributed by atoms with Crippen LogP contribution in [0.4, 0.5) is 0 Å². The van der Waals surface area contributed by atoms with Crippen LogP contribution in [0.2, 0.25) is 0 Å². The Balaban J connectivity index is 1.60. The van der Waals surface area contributed by atoms with E-state index in [1.54, 1.807) is 36.1 Å². The zero-order valence-corrected chi connectivity index (χ0v) is 17.3. The van der Waals surface area contributed by atoms with Crippen molar-refractivity contribution in [1.82, 2.24) is 9.21 Å². The Morgan fingerprint density at radius 1 is 0.964 bits per heavy atom. The van der Waals surface area contributed by atoms with E-state index in [1.165, 1.54) is 4.31 Å². The van der Waals surface area contributed by atoms with E-state index in [2.05, 4.69) is 0 Å². The van der Waals surface area contributed by atoms with Crippen LogP contribution in [0.25, 0.3) is 0 Å². The summed E-state index contributed by atoms with van der Waals surface area (Å²) in [5.74, 6) is 0.555. The second kappa shape index (κ2) is 8.32. The molecule has 28 heavy (non-hydrogen) atoms. The van der Waals surface area contributed by atoms with Crippen molar-refractivity contribution >= 4 is 15.9 Å². The molecule has 2 aromatic rings. The first-order valence-corrected chi connectivity index (χ1v) is 10.8. The Kier molecular flexibility index (Phi) is 6.05. The van der Waals surface area contributed by atoms with Crippen LogP contribution in [0, 0.1) is 13.8 Å². The maximum atomic E-state index is 12.8. The second-order valence-electron chi connectivity index (χ2n) is 7.07. The molecule has 0 saturated carbocycles. The lowest BCUT2D eigenvalue weighted by Gasteiger charge is -2.35. The van der Waals surface area contributed by atoms with Crippen molar-refractivity contribution in [2.24, 2.45) is 0 Å². The summed E-state index contributed by atoms with van der Waals surface area (Å²) in [6.07, 6.45) is -0.624. The van der Waals surface area contributed by atoms with Crippen molar-refractivity contribution in [1.29, 1.82) is 0 Å². The third kappa shape index (κ3) is 4.36. The number of hydrogen-bond donors (Lipinski definition) is 0. The van der Waals surface area contributed by atoms with Crippen molar-refractivity contribution in [2.75, 3.05) is 26.2 Å². The van der Waals surface area contributed by atoms with Crippen LogP contribution in [-0.2, 0) is 14.8 Å². The van der Waals surface area contributed by atoms with Crippen LogP contribution in [0.3, 0.4) is 0 Å². The minimum atomic E-state index is -3.54. The minimum Gasteiger partial charge on any atom is -0.481 e. The Morgan fingerprint density at radius 2 is 1.57 bits per heavy atom.